The molecule has 1 aromatic carbocycles. The van der Waals surface area contributed by atoms with E-state index in [0.717, 1.165) is 18.5 Å². The van der Waals surface area contributed by atoms with Gasteiger partial charge in [-0.05, 0) is 38.0 Å². The lowest BCUT2D eigenvalue weighted by Crippen LogP contribution is -2.39. The molecule has 116 valence electrons. The molecule has 6 heteroatoms. The van der Waals surface area contributed by atoms with E-state index < -0.39 is 0 Å². The molecular formula is C15H23FN4O. The van der Waals surface area contributed by atoms with E-state index in [1.54, 1.807) is 12.1 Å². The van der Waals surface area contributed by atoms with Crippen molar-refractivity contribution in [3.8, 4) is 0 Å². The summed E-state index contributed by atoms with van der Waals surface area (Å²) in [5, 5.41) is 8.91. The molecule has 5 nitrogen and oxygen atoms in total. The Hall–Kier alpha value is -2.11. The van der Waals surface area contributed by atoms with E-state index in [9.17, 15) is 9.18 Å². The summed E-state index contributed by atoms with van der Waals surface area (Å²) in [6.07, 6.45) is 0.756. The third-order valence-electron chi connectivity index (χ3n) is 2.72. The minimum atomic E-state index is -0.233. The summed E-state index contributed by atoms with van der Waals surface area (Å²) in [4.78, 5) is 15.6. The molecule has 0 heterocycles. The normalized spacial score (nSPS) is 11.1. The number of likely N-dealkylation sites (N-methyl/N-ethyl adjacent to an activating group) is 1. The average Bonchev–Trinajstić information content (AvgIpc) is 2.47. The lowest BCUT2D eigenvalue weighted by atomic mass is 10.1. The van der Waals surface area contributed by atoms with Gasteiger partial charge in [0.2, 0.25) is 5.91 Å². The maximum atomic E-state index is 12.8. The van der Waals surface area contributed by atoms with E-state index in [1.807, 2.05) is 13.8 Å². The third-order valence-corrected chi connectivity index (χ3v) is 2.72. The van der Waals surface area contributed by atoms with Gasteiger partial charge in [0.05, 0.1) is 0 Å². The van der Waals surface area contributed by atoms with Crippen LogP contribution >= 0.6 is 0 Å². The van der Waals surface area contributed by atoms with Crippen molar-refractivity contribution < 1.29 is 9.18 Å². The van der Waals surface area contributed by atoms with Crippen LogP contribution in [0.15, 0.2) is 29.3 Å². The number of hydrogen-bond acceptors (Lipinski definition) is 2. The lowest BCUT2D eigenvalue weighted by Gasteiger charge is -2.11. The monoisotopic (exact) mass is 294 g/mol. The lowest BCUT2D eigenvalue weighted by molar-refractivity contribution is -0.119. The highest BCUT2D eigenvalue weighted by Gasteiger charge is 2.01. The van der Waals surface area contributed by atoms with E-state index in [-0.39, 0.29) is 18.3 Å². The van der Waals surface area contributed by atoms with Crippen LogP contribution in [0.2, 0.25) is 0 Å². The number of hydrogen-bond donors (Lipinski definition) is 3. The molecular weight excluding hydrogens is 271 g/mol. The molecule has 0 bridgehead atoms. The molecule has 1 rings (SSSR count). The number of amides is 1. The van der Waals surface area contributed by atoms with Crippen molar-refractivity contribution in [1.82, 2.24) is 16.0 Å². The maximum Gasteiger partial charge on any atom is 0.241 e. The Morgan fingerprint density at radius 3 is 2.38 bits per heavy atom. The van der Waals surface area contributed by atoms with Gasteiger partial charge in [-0.1, -0.05) is 12.1 Å². The molecule has 0 unspecified atom stereocenters. The first-order valence-corrected chi connectivity index (χ1v) is 7.19. The van der Waals surface area contributed by atoms with E-state index in [4.69, 9.17) is 0 Å². The van der Waals surface area contributed by atoms with E-state index in [2.05, 4.69) is 20.9 Å². The second-order valence-corrected chi connectivity index (χ2v) is 4.45. The topological polar surface area (TPSA) is 65.5 Å². The summed E-state index contributed by atoms with van der Waals surface area (Å²) in [5.74, 6) is 0.266. The molecule has 0 saturated carbocycles. The molecule has 0 aromatic heterocycles. The van der Waals surface area contributed by atoms with E-state index in [1.165, 1.54) is 12.1 Å². The van der Waals surface area contributed by atoms with Crippen molar-refractivity contribution >= 4 is 11.9 Å². The second kappa shape index (κ2) is 9.74. The third kappa shape index (κ3) is 7.29. The first-order chi connectivity index (χ1) is 10.2. The predicted molar refractivity (Wildman–Crippen MR) is 82.8 cm³/mol. The Morgan fingerprint density at radius 1 is 1.10 bits per heavy atom. The maximum absolute atomic E-state index is 12.8. The summed E-state index contributed by atoms with van der Waals surface area (Å²) in [6.45, 7) is 5.91. The summed E-state index contributed by atoms with van der Waals surface area (Å²) in [5.41, 5.74) is 1.04. The molecule has 1 aromatic rings. The Labute approximate surface area is 125 Å². The highest BCUT2D eigenvalue weighted by Crippen LogP contribution is 2.02. The number of carbonyl (C=O) groups excluding carboxylic acids is 1. The van der Waals surface area contributed by atoms with Gasteiger partial charge in [-0.15, -0.1) is 0 Å². The standard InChI is InChI=1S/C15H23FN4O/c1-3-17-14(21)11-20-15(18-4-2)19-10-9-12-5-7-13(16)8-6-12/h5-8H,3-4,9-11H2,1-2H3,(H,17,21)(H2,18,19,20). The predicted octanol–water partition coefficient (Wildman–Crippen LogP) is 1.06. The zero-order valence-corrected chi connectivity index (χ0v) is 12.6. The Bertz CT molecular complexity index is 459. The number of guanidine groups is 1. The van der Waals surface area contributed by atoms with E-state index in [0.29, 0.717) is 19.0 Å². The van der Waals surface area contributed by atoms with Gasteiger partial charge >= 0.3 is 0 Å². The first-order valence-electron chi connectivity index (χ1n) is 7.19. The molecule has 0 fully saturated rings. The summed E-state index contributed by atoms with van der Waals surface area (Å²) >= 11 is 0. The highest BCUT2D eigenvalue weighted by molar-refractivity contribution is 5.84. The molecule has 0 aliphatic carbocycles. The van der Waals surface area contributed by atoms with Gasteiger partial charge < -0.3 is 16.0 Å². The van der Waals surface area contributed by atoms with Gasteiger partial charge in [0.15, 0.2) is 5.96 Å². The van der Waals surface area contributed by atoms with Crippen molar-refractivity contribution in [2.45, 2.75) is 20.3 Å². The van der Waals surface area contributed by atoms with Crippen molar-refractivity contribution in [2.24, 2.45) is 4.99 Å². The van der Waals surface area contributed by atoms with Crippen LogP contribution in [-0.2, 0) is 11.2 Å². The number of nitrogens with zero attached hydrogens (tertiary/aromatic N) is 1. The van der Waals surface area contributed by atoms with Crippen LogP contribution in [0.25, 0.3) is 0 Å². The summed E-state index contributed by atoms with van der Waals surface area (Å²) in [6, 6.07) is 6.42. The molecule has 3 N–H and O–H groups in total. The molecule has 0 radical (unpaired) electrons. The fourth-order valence-electron chi connectivity index (χ4n) is 1.72. The fourth-order valence-corrected chi connectivity index (χ4v) is 1.72. The number of aliphatic imine (C=N–C) groups is 1. The number of halogens is 1. The van der Waals surface area contributed by atoms with Gasteiger partial charge in [0, 0.05) is 19.6 Å². The zero-order valence-electron chi connectivity index (χ0n) is 12.6. The zero-order chi connectivity index (χ0) is 15.5. The first kappa shape index (κ1) is 16.9. The van der Waals surface area contributed by atoms with Crippen LogP contribution in [0.4, 0.5) is 4.39 Å². The fraction of sp³-hybridized carbons (Fsp3) is 0.467. The molecule has 0 aliphatic heterocycles. The molecule has 1 amide bonds. The Morgan fingerprint density at radius 2 is 1.76 bits per heavy atom. The van der Waals surface area contributed by atoms with Crippen molar-refractivity contribution in [2.75, 3.05) is 26.2 Å². The van der Waals surface area contributed by atoms with Crippen LogP contribution in [0.1, 0.15) is 19.4 Å². The highest BCUT2D eigenvalue weighted by atomic mass is 19.1. The van der Waals surface area contributed by atoms with Crippen LogP contribution in [0.5, 0.6) is 0 Å². The molecule has 0 saturated heterocycles. The van der Waals surface area contributed by atoms with Gasteiger partial charge in [-0.25, -0.2) is 9.38 Å². The van der Waals surface area contributed by atoms with Crippen molar-refractivity contribution in [3.63, 3.8) is 0 Å². The van der Waals surface area contributed by atoms with Gasteiger partial charge in [0.25, 0.3) is 0 Å². The smallest absolute Gasteiger partial charge is 0.241 e. The Kier molecular flexibility index (Phi) is 7.86. The molecule has 0 spiro atoms. The largest absolute Gasteiger partial charge is 0.357 e. The van der Waals surface area contributed by atoms with Gasteiger partial charge in [-0.3, -0.25) is 4.79 Å². The van der Waals surface area contributed by atoms with E-state index >= 15 is 0 Å². The summed E-state index contributed by atoms with van der Waals surface area (Å²) < 4.78 is 12.8. The second-order valence-electron chi connectivity index (χ2n) is 4.45. The molecule has 0 aliphatic rings. The van der Waals surface area contributed by atoms with Crippen LogP contribution < -0.4 is 16.0 Å². The number of rotatable bonds is 7. The van der Waals surface area contributed by atoms with Crippen molar-refractivity contribution in [3.05, 3.63) is 35.6 Å². The van der Waals surface area contributed by atoms with Gasteiger partial charge in [-0.2, -0.15) is 0 Å². The molecule has 0 atom stereocenters. The van der Waals surface area contributed by atoms with Crippen LogP contribution in [-0.4, -0.2) is 38.0 Å². The number of nitrogens with one attached hydrogen (secondary N) is 3. The average molecular weight is 294 g/mol. The minimum absolute atomic E-state index is 0.0969. The Balaban J connectivity index is 2.41. The number of benzene rings is 1. The SMILES string of the molecule is CCNC(=O)CN=C(NCC)NCCc1ccc(F)cc1. The quantitative estimate of drug-likeness (QED) is 0.520. The molecule has 21 heavy (non-hydrogen) atoms. The van der Waals surface area contributed by atoms with Crippen LogP contribution in [0, 0.1) is 5.82 Å². The number of carbonyl (C=O) groups is 1. The van der Waals surface area contributed by atoms with Gasteiger partial charge in [0.1, 0.15) is 12.4 Å². The van der Waals surface area contributed by atoms with Crippen LogP contribution in [0.3, 0.4) is 0 Å². The summed E-state index contributed by atoms with van der Waals surface area (Å²) in [7, 11) is 0. The van der Waals surface area contributed by atoms with Crippen molar-refractivity contribution in [1.29, 1.82) is 0 Å². The minimum Gasteiger partial charge on any atom is -0.357 e.